The van der Waals surface area contributed by atoms with E-state index in [1.54, 1.807) is 6.20 Å². The minimum absolute atomic E-state index is 0.00697. The van der Waals surface area contributed by atoms with E-state index in [0.29, 0.717) is 30.5 Å². The Balaban J connectivity index is 1.84. The fraction of sp³-hybridized carbons (Fsp3) is 0.667. The molecule has 1 aliphatic rings. The molecule has 0 radical (unpaired) electrons. The molecule has 0 spiro atoms. The fourth-order valence-corrected chi connectivity index (χ4v) is 3.00. The number of urea groups is 1. The van der Waals surface area contributed by atoms with Crippen LogP contribution in [0.1, 0.15) is 51.9 Å². The van der Waals surface area contributed by atoms with Crippen LogP contribution < -0.4 is 15.4 Å². The number of amides is 2. The van der Waals surface area contributed by atoms with E-state index < -0.39 is 0 Å². The zero-order valence-corrected chi connectivity index (χ0v) is 14.5. The second kappa shape index (κ2) is 10.1. The Labute approximate surface area is 144 Å². The molecule has 3 N–H and O–H groups in total. The zero-order valence-electron chi connectivity index (χ0n) is 14.5. The van der Waals surface area contributed by atoms with Crippen LogP contribution in [0.5, 0.6) is 5.75 Å². The summed E-state index contributed by atoms with van der Waals surface area (Å²) in [5.41, 5.74) is 0. The van der Waals surface area contributed by atoms with Crippen LogP contribution in [0.4, 0.5) is 10.6 Å². The molecule has 0 saturated heterocycles. The molecule has 6 nitrogen and oxygen atoms in total. The summed E-state index contributed by atoms with van der Waals surface area (Å²) in [6.07, 6.45) is 9.35. The Bertz CT molecular complexity index is 504. The number of aliphatic hydroxyl groups is 1. The number of nitrogens with one attached hydrogen (secondary N) is 2. The van der Waals surface area contributed by atoms with E-state index in [-0.39, 0.29) is 18.7 Å². The molecule has 24 heavy (non-hydrogen) atoms. The molecular formula is C18H29N3O3. The van der Waals surface area contributed by atoms with Crippen molar-refractivity contribution in [2.45, 2.75) is 57.9 Å². The highest BCUT2D eigenvalue weighted by Crippen LogP contribution is 2.26. The molecule has 1 fully saturated rings. The summed E-state index contributed by atoms with van der Waals surface area (Å²) in [7, 11) is 0. The van der Waals surface area contributed by atoms with Gasteiger partial charge in [0.15, 0.2) is 11.6 Å². The summed E-state index contributed by atoms with van der Waals surface area (Å²) in [5, 5.41) is 14.4. The Morgan fingerprint density at radius 2 is 2.21 bits per heavy atom. The summed E-state index contributed by atoms with van der Waals surface area (Å²) in [4.78, 5) is 16.3. The highest BCUT2D eigenvalue weighted by Gasteiger charge is 2.16. The van der Waals surface area contributed by atoms with E-state index in [2.05, 4.69) is 15.6 Å². The Morgan fingerprint density at radius 1 is 1.42 bits per heavy atom. The number of carbonyl (C=O) groups excluding carboxylic acids is 1. The number of hydrogen-bond acceptors (Lipinski definition) is 4. The van der Waals surface area contributed by atoms with Crippen molar-refractivity contribution in [3.8, 4) is 5.75 Å². The first kappa shape index (κ1) is 18.5. The number of aromatic nitrogens is 1. The van der Waals surface area contributed by atoms with Crippen LogP contribution in [0.25, 0.3) is 0 Å². The van der Waals surface area contributed by atoms with Crippen molar-refractivity contribution in [2.75, 3.05) is 18.5 Å². The van der Waals surface area contributed by atoms with Gasteiger partial charge in [0.1, 0.15) is 0 Å². The molecule has 0 aromatic carbocycles. The molecule has 1 aromatic rings. The lowest BCUT2D eigenvalue weighted by Crippen LogP contribution is -2.36. The quantitative estimate of drug-likeness (QED) is 0.680. The minimum atomic E-state index is -0.304. The normalized spacial score (nSPS) is 16.4. The molecule has 1 aliphatic carbocycles. The number of aliphatic hydroxyl groups excluding tert-OH is 1. The van der Waals surface area contributed by atoms with Gasteiger partial charge in [-0.25, -0.2) is 9.78 Å². The molecule has 0 aliphatic heterocycles. The van der Waals surface area contributed by atoms with Gasteiger partial charge < -0.3 is 15.2 Å². The molecule has 1 heterocycles. The van der Waals surface area contributed by atoms with Crippen molar-refractivity contribution in [3.63, 3.8) is 0 Å². The standard InChI is InChI=1S/C18H29N3O3/c1-14(7-6-12-22)20-18(23)21-17-16(10-5-11-19-17)24-13-15-8-3-2-4-9-15/h5,10-11,14-15,22H,2-4,6-9,12-13H2,1H3,(H2,19,20,21,23). The van der Waals surface area contributed by atoms with Crippen LogP contribution >= 0.6 is 0 Å². The SMILES string of the molecule is CC(CCCO)NC(=O)Nc1ncccc1OCC1CCCCC1. The average molecular weight is 335 g/mol. The number of rotatable bonds is 8. The molecule has 0 bridgehead atoms. The lowest BCUT2D eigenvalue weighted by molar-refractivity contribution is 0.209. The summed E-state index contributed by atoms with van der Waals surface area (Å²) < 4.78 is 5.91. The topological polar surface area (TPSA) is 83.5 Å². The maximum Gasteiger partial charge on any atom is 0.320 e. The molecule has 1 unspecified atom stereocenters. The van der Waals surface area contributed by atoms with Crippen molar-refractivity contribution in [1.29, 1.82) is 0 Å². The first-order valence-electron chi connectivity index (χ1n) is 8.95. The van der Waals surface area contributed by atoms with E-state index >= 15 is 0 Å². The second-order valence-electron chi connectivity index (χ2n) is 6.53. The van der Waals surface area contributed by atoms with E-state index in [9.17, 15) is 4.79 Å². The third-order valence-electron chi connectivity index (χ3n) is 4.37. The molecule has 134 valence electrons. The van der Waals surface area contributed by atoms with Crippen molar-refractivity contribution in [1.82, 2.24) is 10.3 Å². The lowest BCUT2D eigenvalue weighted by atomic mass is 9.90. The van der Waals surface area contributed by atoms with Crippen LogP contribution in [0.3, 0.4) is 0 Å². The molecule has 1 aromatic heterocycles. The van der Waals surface area contributed by atoms with Crippen molar-refractivity contribution >= 4 is 11.8 Å². The van der Waals surface area contributed by atoms with Crippen LogP contribution in [-0.4, -0.2) is 35.4 Å². The predicted molar refractivity (Wildman–Crippen MR) is 94.2 cm³/mol. The smallest absolute Gasteiger partial charge is 0.320 e. The third kappa shape index (κ3) is 6.35. The van der Waals surface area contributed by atoms with Gasteiger partial charge in [-0.15, -0.1) is 0 Å². The van der Waals surface area contributed by atoms with Crippen molar-refractivity contribution in [2.24, 2.45) is 5.92 Å². The van der Waals surface area contributed by atoms with Crippen LogP contribution in [0.2, 0.25) is 0 Å². The van der Waals surface area contributed by atoms with Gasteiger partial charge in [0.2, 0.25) is 0 Å². The highest BCUT2D eigenvalue weighted by molar-refractivity contribution is 5.89. The minimum Gasteiger partial charge on any atom is -0.489 e. The number of ether oxygens (including phenoxy) is 1. The largest absolute Gasteiger partial charge is 0.489 e. The molecule has 1 saturated carbocycles. The molecular weight excluding hydrogens is 306 g/mol. The molecule has 2 amide bonds. The lowest BCUT2D eigenvalue weighted by Gasteiger charge is -2.22. The maximum absolute atomic E-state index is 12.1. The predicted octanol–water partition coefficient (Wildman–Crippen LogP) is 3.32. The Kier molecular flexibility index (Phi) is 7.82. The van der Waals surface area contributed by atoms with E-state index in [1.807, 2.05) is 19.1 Å². The zero-order chi connectivity index (χ0) is 17.2. The number of pyridine rings is 1. The Hall–Kier alpha value is -1.82. The second-order valence-corrected chi connectivity index (χ2v) is 6.53. The van der Waals surface area contributed by atoms with Crippen LogP contribution in [0.15, 0.2) is 18.3 Å². The monoisotopic (exact) mass is 335 g/mol. The van der Waals surface area contributed by atoms with Gasteiger partial charge in [-0.3, -0.25) is 5.32 Å². The first-order valence-corrected chi connectivity index (χ1v) is 8.95. The summed E-state index contributed by atoms with van der Waals surface area (Å²) in [6.45, 7) is 2.72. The summed E-state index contributed by atoms with van der Waals surface area (Å²) >= 11 is 0. The first-order chi connectivity index (χ1) is 11.7. The molecule has 2 rings (SSSR count). The Morgan fingerprint density at radius 3 is 2.96 bits per heavy atom. The number of nitrogens with zero attached hydrogens (tertiary/aromatic N) is 1. The number of carbonyl (C=O) groups is 1. The maximum atomic E-state index is 12.1. The van der Waals surface area contributed by atoms with Gasteiger partial charge in [-0.2, -0.15) is 0 Å². The van der Waals surface area contributed by atoms with E-state index in [1.165, 1.54) is 32.1 Å². The summed E-state index contributed by atoms with van der Waals surface area (Å²) in [5.74, 6) is 1.65. The third-order valence-corrected chi connectivity index (χ3v) is 4.37. The molecule has 1 atom stereocenters. The van der Waals surface area contributed by atoms with Crippen LogP contribution in [0, 0.1) is 5.92 Å². The van der Waals surface area contributed by atoms with Gasteiger partial charge in [0.05, 0.1) is 6.61 Å². The molecule has 6 heteroatoms. The average Bonchev–Trinajstić information content (AvgIpc) is 2.60. The van der Waals surface area contributed by atoms with E-state index in [4.69, 9.17) is 9.84 Å². The van der Waals surface area contributed by atoms with Crippen molar-refractivity contribution in [3.05, 3.63) is 18.3 Å². The van der Waals surface area contributed by atoms with Gasteiger partial charge >= 0.3 is 6.03 Å². The highest BCUT2D eigenvalue weighted by atomic mass is 16.5. The number of hydrogen-bond donors (Lipinski definition) is 3. The van der Waals surface area contributed by atoms with Crippen molar-refractivity contribution < 1.29 is 14.6 Å². The number of anilines is 1. The summed E-state index contributed by atoms with van der Waals surface area (Å²) in [6, 6.07) is 3.33. The van der Waals surface area contributed by atoms with Gasteiger partial charge in [0, 0.05) is 18.8 Å². The van der Waals surface area contributed by atoms with Gasteiger partial charge in [-0.1, -0.05) is 19.3 Å². The van der Waals surface area contributed by atoms with Gasteiger partial charge in [-0.05, 0) is 50.7 Å². The van der Waals surface area contributed by atoms with E-state index in [0.717, 1.165) is 6.42 Å². The van der Waals surface area contributed by atoms with Gasteiger partial charge in [0.25, 0.3) is 0 Å². The van der Waals surface area contributed by atoms with Crippen LogP contribution in [-0.2, 0) is 0 Å². The fourth-order valence-electron chi connectivity index (χ4n) is 3.00.